The summed E-state index contributed by atoms with van der Waals surface area (Å²) in [5.74, 6) is 0.396. The molecule has 0 radical (unpaired) electrons. The smallest absolute Gasteiger partial charge is 0.311 e. The number of para-hydroxylation sites is 1. The van der Waals surface area contributed by atoms with Crippen LogP contribution in [-0.4, -0.2) is 11.2 Å². The number of nitrogens with zero attached hydrogens (tertiary/aromatic N) is 1. The average Bonchev–Trinajstić information content (AvgIpc) is 2.42. The van der Waals surface area contributed by atoms with E-state index >= 15 is 0 Å². The lowest BCUT2D eigenvalue weighted by Gasteiger charge is -2.10. The molecular formula is C14H10ClNO4. The van der Waals surface area contributed by atoms with Crippen molar-refractivity contribution in [2.75, 3.05) is 0 Å². The fourth-order valence-electron chi connectivity index (χ4n) is 1.70. The number of hydrogen-bond acceptors (Lipinski definition) is 4. The van der Waals surface area contributed by atoms with Gasteiger partial charge in [-0.25, -0.2) is 0 Å². The molecule has 0 amide bonds. The van der Waals surface area contributed by atoms with Gasteiger partial charge in [-0.05, 0) is 30.7 Å². The molecule has 0 aliphatic heterocycles. The van der Waals surface area contributed by atoms with Crippen molar-refractivity contribution in [1.82, 2.24) is 0 Å². The molecule has 6 heteroatoms. The van der Waals surface area contributed by atoms with Gasteiger partial charge in [0.15, 0.2) is 0 Å². The highest BCUT2D eigenvalue weighted by Gasteiger charge is 2.18. The number of carbonyl (C=O) groups is 1. The largest absolute Gasteiger partial charge is 0.448 e. The molecule has 0 aliphatic rings. The van der Waals surface area contributed by atoms with Crippen LogP contribution in [0.3, 0.4) is 0 Å². The van der Waals surface area contributed by atoms with Gasteiger partial charge in [-0.3, -0.25) is 14.9 Å². The van der Waals surface area contributed by atoms with Crippen LogP contribution in [0.5, 0.6) is 11.5 Å². The van der Waals surface area contributed by atoms with Gasteiger partial charge in [-0.15, -0.1) is 0 Å². The van der Waals surface area contributed by atoms with Gasteiger partial charge in [0, 0.05) is 11.6 Å². The predicted octanol–water partition coefficient (Wildman–Crippen LogP) is 4.16. The van der Waals surface area contributed by atoms with Crippen LogP contribution in [0.25, 0.3) is 0 Å². The SMILES string of the molecule is Cc1cccc([N+](=O)[O-])c1Oc1ccc(C=O)cc1Cl. The lowest BCUT2D eigenvalue weighted by molar-refractivity contribution is -0.385. The Morgan fingerprint density at radius 2 is 2.05 bits per heavy atom. The van der Waals surface area contributed by atoms with Gasteiger partial charge in [0.25, 0.3) is 0 Å². The third-order valence-corrected chi connectivity index (χ3v) is 2.99. The van der Waals surface area contributed by atoms with Gasteiger partial charge in [0.05, 0.1) is 9.95 Å². The zero-order valence-electron chi connectivity index (χ0n) is 10.5. The van der Waals surface area contributed by atoms with E-state index in [1.165, 1.54) is 24.3 Å². The molecule has 0 atom stereocenters. The van der Waals surface area contributed by atoms with E-state index in [2.05, 4.69) is 0 Å². The van der Waals surface area contributed by atoms with E-state index in [-0.39, 0.29) is 22.2 Å². The highest BCUT2D eigenvalue weighted by atomic mass is 35.5. The summed E-state index contributed by atoms with van der Waals surface area (Å²) in [5, 5.41) is 11.2. The highest BCUT2D eigenvalue weighted by molar-refractivity contribution is 6.32. The summed E-state index contributed by atoms with van der Waals surface area (Å²) in [6, 6.07) is 9.11. The van der Waals surface area contributed by atoms with Crippen molar-refractivity contribution in [2.24, 2.45) is 0 Å². The number of aryl methyl sites for hydroxylation is 1. The molecule has 2 rings (SSSR count). The second-order valence-corrected chi connectivity index (χ2v) is 4.50. The van der Waals surface area contributed by atoms with Crippen molar-refractivity contribution in [1.29, 1.82) is 0 Å². The van der Waals surface area contributed by atoms with Crippen LogP contribution in [0.15, 0.2) is 36.4 Å². The molecule has 0 aliphatic carbocycles. The summed E-state index contributed by atoms with van der Waals surface area (Å²) in [5.41, 5.74) is 0.886. The summed E-state index contributed by atoms with van der Waals surface area (Å²) in [7, 11) is 0. The van der Waals surface area contributed by atoms with Gasteiger partial charge < -0.3 is 4.74 Å². The third kappa shape index (κ3) is 2.78. The van der Waals surface area contributed by atoms with Crippen LogP contribution >= 0.6 is 11.6 Å². The van der Waals surface area contributed by atoms with Crippen LogP contribution in [0.2, 0.25) is 5.02 Å². The fraction of sp³-hybridized carbons (Fsp3) is 0.0714. The first kappa shape index (κ1) is 14.0. The van der Waals surface area contributed by atoms with E-state index in [1.807, 2.05) is 0 Å². The van der Waals surface area contributed by atoms with E-state index in [0.29, 0.717) is 17.4 Å². The molecule has 0 saturated heterocycles. The number of halogens is 1. The van der Waals surface area contributed by atoms with Crippen molar-refractivity contribution in [3.63, 3.8) is 0 Å². The van der Waals surface area contributed by atoms with E-state index in [0.717, 1.165) is 0 Å². The Kier molecular flexibility index (Phi) is 4.00. The maximum atomic E-state index is 11.0. The summed E-state index contributed by atoms with van der Waals surface area (Å²) in [6.07, 6.45) is 0.659. The number of hydrogen-bond donors (Lipinski definition) is 0. The van der Waals surface area contributed by atoms with Crippen LogP contribution in [-0.2, 0) is 0 Å². The number of aldehydes is 1. The molecule has 5 nitrogen and oxygen atoms in total. The van der Waals surface area contributed by atoms with Gasteiger partial charge in [-0.2, -0.15) is 0 Å². The van der Waals surface area contributed by atoms with Gasteiger partial charge >= 0.3 is 5.69 Å². The van der Waals surface area contributed by atoms with Crippen molar-refractivity contribution >= 4 is 23.6 Å². The molecule has 0 bridgehead atoms. The minimum absolute atomic E-state index is 0.137. The molecule has 2 aromatic rings. The number of nitro groups is 1. The zero-order chi connectivity index (χ0) is 14.7. The molecule has 0 unspecified atom stereocenters. The minimum Gasteiger partial charge on any atom is -0.448 e. The molecular weight excluding hydrogens is 282 g/mol. The Balaban J connectivity index is 2.44. The molecule has 0 N–H and O–H groups in total. The Labute approximate surface area is 119 Å². The fourth-order valence-corrected chi connectivity index (χ4v) is 1.92. The standard InChI is InChI=1S/C14H10ClNO4/c1-9-3-2-4-12(16(18)19)14(9)20-13-6-5-10(8-17)7-11(13)15/h2-8H,1H3. The molecule has 0 spiro atoms. The van der Waals surface area contributed by atoms with Crippen LogP contribution in [0, 0.1) is 17.0 Å². The van der Waals surface area contributed by atoms with Crippen molar-refractivity contribution < 1.29 is 14.5 Å². The molecule has 102 valence electrons. The molecule has 20 heavy (non-hydrogen) atoms. The number of rotatable bonds is 4. The zero-order valence-corrected chi connectivity index (χ0v) is 11.3. The summed E-state index contributed by atoms with van der Waals surface area (Å²) < 4.78 is 5.54. The first-order chi connectivity index (χ1) is 9.52. The lowest BCUT2D eigenvalue weighted by atomic mass is 10.2. The van der Waals surface area contributed by atoms with E-state index in [1.54, 1.807) is 19.1 Å². The first-order valence-electron chi connectivity index (χ1n) is 5.69. The summed E-state index contributed by atoms with van der Waals surface area (Å²) >= 11 is 5.99. The highest BCUT2D eigenvalue weighted by Crippen LogP contribution is 2.37. The van der Waals surface area contributed by atoms with Crippen molar-refractivity contribution in [3.8, 4) is 11.5 Å². The Morgan fingerprint density at radius 1 is 1.30 bits per heavy atom. The lowest BCUT2D eigenvalue weighted by Crippen LogP contribution is -1.96. The number of nitro benzene ring substituents is 1. The third-order valence-electron chi connectivity index (χ3n) is 2.69. The quantitative estimate of drug-likeness (QED) is 0.482. The minimum atomic E-state index is -0.518. The average molecular weight is 292 g/mol. The maximum Gasteiger partial charge on any atom is 0.311 e. The first-order valence-corrected chi connectivity index (χ1v) is 6.07. The topological polar surface area (TPSA) is 69.4 Å². The molecule has 2 aromatic carbocycles. The molecule has 0 aromatic heterocycles. The number of ether oxygens (including phenoxy) is 1. The molecule has 0 heterocycles. The van der Waals surface area contributed by atoms with Gasteiger partial charge in [-0.1, -0.05) is 23.7 Å². The van der Waals surface area contributed by atoms with E-state index < -0.39 is 4.92 Å². The maximum absolute atomic E-state index is 11.0. The molecule has 0 saturated carbocycles. The van der Waals surface area contributed by atoms with Gasteiger partial charge in [0.2, 0.25) is 5.75 Å². The Bertz CT molecular complexity index is 685. The van der Waals surface area contributed by atoms with Crippen LogP contribution in [0.1, 0.15) is 15.9 Å². The Morgan fingerprint density at radius 3 is 2.65 bits per heavy atom. The normalized spacial score (nSPS) is 10.1. The summed E-state index contributed by atoms with van der Waals surface area (Å²) in [6.45, 7) is 1.70. The Hall–Kier alpha value is -2.40. The number of benzene rings is 2. The van der Waals surface area contributed by atoms with Gasteiger partial charge in [0.1, 0.15) is 12.0 Å². The summed E-state index contributed by atoms with van der Waals surface area (Å²) in [4.78, 5) is 21.1. The monoisotopic (exact) mass is 291 g/mol. The van der Waals surface area contributed by atoms with Crippen molar-refractivity contribution in [2.45, 2.75) is 6.92 Å². The second-order valence-electron chi connectivity index (χ2n) is 4.09. The molecule has 0 fully saturated rings. The van der Waals surface area contributed by atoms with Crippen LogP contribution < -0.4 is 4.74 Å². The number of carbonyl (C=O) groups excluding carboxylic acids is 1. The van der Waals surface area contributed by atoms with Crippen molar-refractivity contribution in [3.05, 3.63) is 62.7 Å². The second kappa shape index (κ2) is 5.71. The van der Waals surface area contributed by atoms with Crippen LogP contribution in [0.4, 0.5) is 5.69 Å². The van der Waals surface area contributed by atoms with E-state index in [4.69, 9.17) is 16.3 Å². The predicted molar refractivity (Wildman–Crippen MR) is 74.7 cm³/mol. The van der Waals surface area contributed by atoms with E-state index in [9.17, 15) is 14.9 Å².